The number of aromatic nitrogens is 2. The minimum Gasteiger partial charge on any atom is -0.434 e. The lowest BCUT2D eigenvalue weighted by Gasteiger charge is -2.08. The fourth-order valence-electron chi connectivity index (χ4n) is 3.29. The molecule has 30 heavy (non-hydrogen) atoms. The molecule has 4 aromatic rings. The minimum absolute atomic E-state index is 0.0504. The summed E-state index contributed by atoms with van der Waals surface area (Å²) in [5, 5.41) is 6.08. The average molecular weight is 427 g/mol. The van der Waals surface area contributed by atoms with E-state index in [2.05, 4.69) is 26.1 Å². The highest BCUT2D eigenvalue weighted by atomic mass is 32.1. The molecule has 0 radical (unpaired) electrons. The van der Waals surface area contributed by atoms with E-state index in [1.54, 1.807) is 23.6 Å². The van der Waals surface area contributed by atoms with E-state index in [1.807, 2.05) is 24.4 Å². The average Bonchev–Trinajstić information content (AvgIpc) is 3.35. The number of anilines is 1. The van der Waals surface area contributed by atoms with Gasteiger partial charge in [-0.1, -0.05) is 30.3 Å². The molecule has 0 atom stereocenters. The van der Waals surface area contributed by atoms with Gasteiger partial charge in [-0.3, -0.25) is 4.79 Å². The molecule has 0 aliphatic carbocycles. The smallest absolute Gasteiger partial charge is 0.387 e. The Morgan fingerprint density at radius 2 is 1.97 bits per heavy atom. The fourth-order valence-corrected chi connectivity index (χ4v) is 4.02. The van der Waals surface area contributed by atoms with Crippen molar-refractivity contribution in [3.05, 3.63) is 65.7 Å². The zero-order valence-corrected chi connectivity index (χ0v) is 16.7. The molecule has 0 saturated heterocycles. The lowest BCUT2D eigenvalue weighted by molar-refractivity contribution is -0.116. The van der Waals surface area contributed by atoms with Crippen LogP contribution in [0.4, 0.5) is 13.9 Å². The molecule has 0 fully saturated rings. The van der Waals surface area contributed by atoms with Crippen LogP contribution in [0.15, 0.2) is 60.1 Å². The normalized spacial score (nSPS) is 11.2. The highest BCUT2D eigenvalue weighted by molar-refractivity contribution is 7.14. The van der Waals surface area contributed by atoms with Gasteiger partial charge >= 0.3 is 6.61 Å². The predicted octanol–water partition coefficient (Wildman–Crippen LogP) is 5.85. The highest BCUT2D eigenvalue weighted by Crippen LogP contribution is 2.33. The number of halogens is 2. The Bertz CT molecular complexity index is 1160. The van der Waals surface area contributed by atoms with Gasteiger partial charge in [0.2, 0.25) is 5.91 Å². The molecule has 2 heterocycles. The first-order valence-corrected chi connectivity index (χ1v) is 10.3. The summed E-state index contributed by atoms with van der Waals surface area (Å²) in [6.07, 6.45) is 3.84. The van der Waals surface area contributed by atoms with Crippen molar-refractivity contribution in [1.82, 2.24) is 9.97 Å². The molecule has 0 unspecified atom stereocenters. The summed E-state index contributed by atoms with van der Waals surface area (Å²) < 4.78 is 29.8. The first kappa shape index (κ1) is 20.0. The summed E-state index contributed by atoms with van der Waals surface area (Å²) in [5.74, 6) is -0.0812. The molecule has 0 spiro atoms. The largest absolute Gasteiger partial charge is 0.434 e. The molecule has 0 aliphatic heterocycles. The maximum atomic E-state index is 12.6. The number of para-hydroxylation sites is 2. The number of rotatable bonds is 8. The molecule has 2 aromatic heterocycles. The van der Waals surface area contributed by atoms with Crippen molar-refractivity contribution in [2.45, 2.75) is 25.9 Å². The Kier molecular flexibility index (Phi) is 6.04. The van der Waals surface area contributed by atoms with Gasteiger partial charge in [0.15, 0.2) is 5.13 Å². The van der Waals surface area contributed by atoms with Crippen LogP contribution in [0.1, 0.15) is 18.4 Å². The standard InChI is InChI=1S/C22H19F2N3O2S/c23-21(24)29-19-10-4-2-8-16(19)18-13-30-22(26-18)27-20(28)11-5-6-14-12-25-17-9-3-1-7-15(14)17/h1-4,7-10,12-13,21,25H,5-6,11H2,(H,26,27,28). The van der Waals surface area contributed by atoms with Crippen molar-refractivity contribution in [1.29, 1.82) is 0 Å². The van der Waals surface area contributed by atoms with Gasteiger partial charge in [0, 0.05) is 34.5 Å². The lowest BCUT2D eigenvalue weighted by atomic mass is 10.1. The number of carbonyl (C=O) groups is 1. The summed E-state index contributed by atoms with van der Waals surface area (Å²) in [7, 11) is 0. The summed E-state index contributed by atoms with van der Waals surface area (Å²) >= 11 is 1.24. The molecule has 0 saturated carbocycles. The Morgan fingerprint density at radius 1 is 1.17 bits per heavy atom. The van der Waals surface area contributed by atoms with Crippen LogP contribution >= 0.6 is 11.3 Å². The van der Waals surface area contributed by atoms with Gasteiger partial charge < -0.3 is 15.0 Å². The number of fused-ring (bicyclic) bond motifs is 1. The summed E-state index contributed by atoms with van der Waals surface area (Å²) in [6.45, 7) is -2.92. The van der Waals surface area contributed by atoms with E-state index in [0.717, 1.165) is 11.9 Å². The van der Waals surface area contributed by atoms with Crippen LogP contribution in [0.2, 0.25) is 0 Å². The Hall–Kier alpha value is -3.26. The van der Waals surface area contributed by atoms with Crippen LogP contribution in [-0.2, 0) is 11.2 Å². The fraction of sp³-hybridized carbons (Fsp3) is 0.182. The van der Waals surface area contributed by atoms with Crippen molar-refractivity contribution < 1.29 is 18.3 Å². The van der Waals surface area contributed by atoms with Gasteiger partial charge in [0.1, 0.15) is 5.75 Å². The van der Waals surface area contributed by atoms with Crippen molar-refractivity contribution in [2.75, 3.05) is 5.32 Å². The van der Waals surface area contributed by atoms with Crippen LogP contribution in [0.3, 0.4) is 0 Å². The molecule has 2 N–H and O–H groups in total. The van der Waals surface area contributed by atoms with Gasteiger partial charge in [0.05, 0.1) is 5.69 Å². The van der Waals surface area contributed by atoms with Gasteiger partial charge in [0.25, 0.3) is 0 Å². The number of amides is 1. The molecular weight excluding hydrogens is 408 g/mol. The van der Waals surface area contributed by atoms with Gasteiger partial charge in [-0.25, -0.2) is 4.98 Å². The third-order valence-corrected chi connectivity index (χ3v) is 5.41. The lowest BCUT2D eigenvalue weighted by Crippen LogP contribution is -2.11. The highest BCUT2D eigenvalue weighted by Gasteiger charge is 2.14. The Morgan fingerprint density at radius 3 is 2.83 bits per heavy atom. The summed E-state index contributed by atoms with van der Waals surface area (Å²) in [6, 6.07) is 14.5. The van der Waals surface area contributed by atoms with Crippen LogP contribution in [0.5, 0.6) is 5.75 Å². The Labute approximate surface area is 175 Å². The van der Waals surface area contributed by atoms with E-state index >= 15 is 0 Å². The zero-order chi connectivity index (χ0) is 20.9. The number of nitrogens with one attached hydrogen (secondary N) is 2. The van der Waals surface area contributed by atoms with Crippen LogP contribution < -0.4 is 10.1 Å². The van der Waals surface area contributed by atoms with E-state index in [4.69, 9.17) is 0 Å². The number of nitrogens with zero attached hydrogens (tertiary/aromatic N) is 1. The molecule has 4 rings (SSSR count). The summed E-state index contributed by atoms with van der Waals surface area (Å²) in [4.78, 5) is 19.9. The number of ether oxygens (including phenoxy) is 1. The molecule has 0 bridgehead atoms. The van der Waals surface area contributed by atoms with Gasteiger partial charge in [-0.05, 0) is 36.6 Å². The first-order chi connectivity index (χ1) is 14.6. The van der Waals surface area contributed by atoms with Crippen molar-refractivity contribution in [3.8, 4) is 17.0 Å². The number of benzene rings is 2. The van der Waals surface area contributed by atoms with Crippen molar-refractivity contribution in [3.63, 3.8) is 0 Å². The van der Waals surface area contributed by atoms with Gasteiger partial charge in [-0.15, -0.1) is 11.3 Å². The molecule has 5 nitrogen and oxygen atoms in total. The maximum Gasteiger partial charge on any atom is 0.387 e. The van der Waals surface area contributed by atoms with E-state index in [9.17, 15) is 13.6 Å². The molecule has 2 aromatic carbocycles. The number of aromatic amines is 1. The number of carbonyl (C=O) groups excluding carboxylic acids is 1. The number of aryl methyl sites for hydroxylation is 1. The van der Waals surface area contributed by atoms with Crippen LogP contribution in [0, 0.1) is 0 Å². The number of alkyl halides is 2. The zero-order valence-electron chi connectivity index (χ0n) is 15.9. The van der Waals surface area contributed by atoms with Crippen molar-refractivity contribution >= 4 is 33.3 Å². The summed E-state index contributed by atoms with van der Waals surface area (Å²) in [5.41, 5.74) is 3.20. The maximum absolute atomic E-state index is 12.6. The Balaban J connectivity index is 1.34. The number of hydrogen-bond acceptors (Lipinski definition) is 4. The SMILES string of the molecule is O=C(CCCc1c[nH]c2ccccc12)Nc1nc(-c2ccccc2OC(F)F)cs1. The number of thiazole rings is 1. The van der Waals surface area contributed by atoms with E-state index in [0.29, 0.717) is 29.2 Å². The van der Waals surface area contributed by atoms with Crippen LogP contribution in [-0.4, -0.2) is 22.5 Å². The van der Waals surface area contributed by atoms with Crippen LogP contribution in [0.25, 0.3) is 22.2 Å². The number of H-pyrrole nitrogens is 1. The number of hydrogen-bond donors (Lipinski definition) is 2. The third-order valence-electron chi connectivity index (χ3n) is 4.65. The van der Waals surface area contributed by atoms with E-state index in [-0.39, 0.29) is 11.7 Å². The molecule has 154 valence electrons. The predicted molar refractivity (Wildman–Crippen MR) is 114 cm³/mol. The second-order valence-corrected chi connectivity index (χ2v) is 7.53. The monoisotopic (exact) mass is 427 g/mol. The van der Waals surface area contributed by atoms with Crippen molar-refractivity contribution in [2.24, 2.45) is 0 Å². The molecular formula is C22H19F2N3O2S. The molecule has 8 heteroatoms. The molecule has 1 amide bonds. The van der Waals surface area contributed by atoms with E-state index < -0.39 is 6.61 Å². The minimum atomic E-state index is -2.92. The second kappa shape index (κ2) is 9.04. The molecule has 0 aliphatic rings. The first-order valence-electron chi connectivity index (χ1n) is 9.45. The topological polar surface area (TPSA) is 67.0 Å². The van der Waals surface area contributed by atoms with E-state index in [1.165, 1.54) is 28.4 Å². The second-order valence-electron chi connectivity index (χ2n) is 6.67. The van der Waals surface area contributed by atoms with Gasteiger partial charge in [-0.2, -0.15) is 8.78 Å². The quantitative estimate of drug-likeness (QED) is 0.370. The third kappa shape index (κ3) is 4.65.